The average Bonchev–Trinajstić information content (AvgIpc) is 1.76. The molecule has 0 saturated heterocycles. The molecule has 0 aromatic carbocycles. The van der Waals surface area contributed by atoms with Gasteiger partial charge in [-0.3, -0.25) is 9.59 Å². The monoisotopic (exact) mass is 348 g/mol. The fourth-order valence-corrected chi connectivity index (χ4v) is 0. The molecular formula is C8H14Na2O8Zn. The zero-order chi connectivity index (χ0) is 14.3. The Morgan fingerprint density at radius 1 is 0.684 bits per heavy atom. The first kappa shape index (κ1) is 42.7. The molecule has 19 heavy (non-hydrogen) atoms. The summed E-state index contributed by atoms with van der Waals surface area (Å²) in [6.07, 6.45) is 0. The van der Waals surface area contributed by atoms with Crippen molar-refractivity contribution in [2.45, 2.75) is 27.7 Å². The normalized spacial score (nSPS) is 5.26. The standard InChI is InChI=1S/4C2H4O2.2Na.Zn/c4*1-2(3)4;;;/h4*1H3,(H,3,4);;;/q;;;;2*+1;/p-2. The Morgan fingerprint density at radius 2 is 0.684 bits per heavy atom. The van der Waals surface area contributed by atoms with Gasteiger partial charge in [0.15, 0.2) is 0 Å². The van der Waals surface area contributed by atoms with Crippen molar-refractivity contribution < 1.29 is 118 Å². The van der Waals surface area contributed by atoms with Crippen LogP contribution in [0.4, 0.5) is 0 Å². The van der Waals surface area contributed by atoms with Gasteiger partial charge in [0.25, 0.3) is 11.9 Å². The van der Waals surface area contributed by atoms with Crippen LogP contribution in [0.1, 0.15) is 27.7 Å². The molecule has 0 atom stereocenters. The summed E-state index contributed by atoms with van der Waals surface area (Å²) in [6, 6.07) is 0. The molecule has 0 aromatic rings. The van der Waals surface area contributed by atoms with Gasteiger partial charge >= 0.3 is 59.1 Å². The molecule has 98 valence electrons. The third-order valence-corrected chi connectivity index (χ3v) is 0. The topological polar surface area (TPSA) is 155 Å². The minimum atomic E-state index is -1.08. The Kier molecular flexibility index (Phi) is 81.5. The molecule has 0 saturated carbocycles. The van der Waals surface area contributed by atoms with E-state index >= 15 is 0 Å². The van der Waals surface area contributed by atoms with Gasteiger partial charge in [0.2, 0.25) is 0 Å². The number of carboxylic acids is 4. The van der Waals surface area contributed by atoms with E-state index in [1.165, 1.54) is 0 Å². The summed E-state index contributed by atoms with van der Waals surface area (Å²) >= 11 is 0. The molecule has 2 N–H and O–H groups in total. The van der Waals surface area contributed by atoms with Crippen LogP contribution in [-0.4, -0.2) is 34.1 Å². The summed E-state index contributed by atoms with van der Waals surface area (Å²) < 4.78 is 0. The number of carbonyl (C=O) groups is 4. The van der Waals surface area contributed by atoms with Gasteiger partial charge in [-0.1, -0.05) is 0 Å². The van der Waals surface area contributed by atoms with E-state index in [2.05, 4.69) is 0 Å². The van der Waals surface area contributed by atoms with Crippen LogP contribution in [0.2, 0.25) is 0 Å². The average molecular weight is 350 g/mol. The van der Waals surface area contributed by atoms with E-state index < -0.39 is 23.9 Å². The third kappa shape index (κ3) is 19900. The Bertz CT molecular complexity index is 171. The number of hydrogen-bond donors (Lipinski definition) is 2. The maximum absolute atomic E-state index is 9.00. The molecule has 0 heterocycles. The van der Waals surface area contributed by atoms with Gasteiger partial charge in [-0.15, -0.1) is 0 Å². The molecule has 0 spiro atoms. The molecule has 0 unspecified atom stereocenters. The van der Waals surface area contributed by atoms with Crippen LogP contribution in [0.15, 0.2) is 0 Å². The second-order valence-electron chi connectivity index (χ2n) is 2.02. The van der Waals surface area contributed by atoms with E-state index in [1.54, 1.807) is 0 Å². The van der Waals surface area contributed by atoms with E-state index in [4.69, 9.17) is 39.6 Å². The summed E-state index contributed by atoms with van der Waals surface area (Å²) in [5.74, 6) is -3.83. The molecule has 0 amide bonds. The van der Waals surface area contributed by atoms with E-state index in [0.29, 0.717) is 0 Å². The number of carbonyl (C=O) groups excluding carboxylic acids is 2. The second-order valence-corrected chi connectivity index (χ2v) is 2.02. The Morgan fingerprint density at radius 3 is 0.684 bits per heavy atom. The van der Waals surface area contributed by atoms with E-state index in [0.717, 1.165) is 27.7 Å². The van der Waals surface area contributed by atoms with Crippen LogP contribution in [-0.2, 0) is 38.7 Å². The Balaban J connectivity index is -0.0000000192. The van der Waals surface area contributed by atoms with Crippen molar-refractivity contribution in [3.63, 3.8) is 0 Å². The number of aliphatic carboxylic acids is 4. The second kappa shape index (κ2) is 36.3. The molecule has 8 nitrogen and oxygen atoms in total. The van der Waals surface area contributed by atoms with Crippen molar-refractivity contribution in [2.75, 3.05) is 0 Å². The quantitative estimate of drug-likeness (QED) is 0.408. The summed E-state index contributed by atoms with van der Waals surface area (Å²) in [5.41, 5.74) is 0. The number of rotatable bonds is 0. The predicted octanol–water partition coefficient (Wildman–Crippen LogP) is -8.30. The maximum atomic E-state index is 9.00. The predicted molar refractivity (Wildman–Crippen MR) is 48.0 cm³/mol. The molecule has 0 aliphatic rings. The first-order chi connectivity index (χ1) is 6.93. The van der Waals surface area contributed by atoms with Crippen molar-refractivity contribution >= 4 is 23.9 Å². The molecule has 0 rings (SSSR count). The van der Waals surface area contributed by atoms with Crippen LogP contribution in [0.3, 0.4) is 0 Å². The zero-order valence-electron chi connectivity index (χ0n) is 12.1. The largest absolute Gasteiger partial charge is 1.00 e. The van der Waals surface area contributed by atoms with Crippen LogP contribution >= 0.6 is 0 Å². The molecule has 0 aliphatic heterocycles. The summed E-state index contributed by atoms with van der Waals surface area (Å²) in [7, 11) is 0. The third-order valence-electron chi connectivity index (χ3n) is 0. The summed E-state index contributed by atoms with van der Waals surface area (Å²) in [4.78, 5) is 35.8. The van der Waals surface area contributed by atoms with Gasteiger partial charge in [0, 0.05) is 45.3 Å². The fourth-order valence-electron chi connectivity index (χ4n) is 0. The van der Waals surface area contributed by atoms with Crippen molar-refractivity contribution in [3.05, 3.63) is 0 Å². The van der Waals surface area contributed by atoms with Gasteiger partial charge in [-0.05, 0) is 13.8 Å². The van der Waals surface area contributed by atoms with Crippen LogP contribution in [0.5, 0.6) is 0 Å². The fraction of sp³-hybridized carbons (Fsp3) is 0.500. The molecule has 0 radical (unpaired) electrons. The van der Waals surface area contributed by atoms with Crippen LogP contribution < -0.4 is 69.3 Å². The van der Waals surface area contributed by atoms with Gasteiger partial charge < -0.3 is 30.0 Å². The van der Waals surface area contributed by atoms with Crippen molar-refractivity contribution in [1.82, 2.24) is 0 Å². The van der Waals surface area contributed by atoms with Gasteiger partial charge in [-0.25, -0.2) is 0 Å². The summed E-state index contributed by atoms with van der Waals surface area (Å²) in [5, 5.41) is 32.6. The smallest absolute Gasteiger partial charge is 0.550 e. The Labute approximate surface area is 168 Å². The number of carboxylic acid groups (broad SMARTS) is 4. The zero-order valence-corrected chi connectivity index (χ0v) is 19.0. The van der Waals surface area contributed by atoms with Gasteiger partial charge in [0.05, 0.1) is 0 Å². The SMILES string of the molecule is CC(=O)O.CC(=O)O.CC(=O)[O-].CC(=O)[O-].[Na+].[Na+].[Zn]. The first-order valence-corrected chi connectivity index (χ1v) is 3.67. The molecule has 0 aromatic heterocycles. The minimum Gasteiger partial charge on any atom is -0.550 e. The van der Waals surface area contributed by atoms with Gasteiger partial charge in [-0.2, -0.15) is 0 Å². The van der Waals surface area contributed by atoms with Crippen molar-refractivity contribution in [3.8, 4) is 0 Å². The van der Waals surface area contributed by atoms with Crippen LogP contribution in [0.25, 0.3) is 0 Å². The van der Waals surface area contributed by atoms with Crippen molar-refractivity contribution in [1.29, 1.82) is 0 Å². The van der Waals surface area contributed by atoms with Gasteiger partial charge in [0.1, 0.15) is 0 Å². The van der Waals surface area contributed by atoms with Crippen molar-refractivity contribution in [2.24, 2.45) is 0 Å². The number of hydrogen-bond acceptors (Lipinski definition) is 6. The van der Waals surface area contributed by atoms with E-state index in [-0.39, 0.29) is 78.6 Å². The van der Waals surface area contributed by atoms with Crippen LogP contribution in [0, 0.1) is 0 Å². The maximum Gasteiger partial charge on any atom is 1.00 e. The molecule has 11 heteroatoms. The molecule has 0 fully saturated rings. The molecule has 0 bridgehead atoms. The first-order valence-electron chi connectivity index (χ1n) is 3.67. The van der Waals surface area contributed by atoms with E-state index in [9.17, 15) is 0 Å². The molecule has 0 aliphatic carbocycles. The van der Waals surface area contributed by atoms with E-state index in [1.807, 2.05) is 0 Å². The minimum absolute atomic E-state index is 0. The Hall–Kier alpha value is 0.503. The summed E-state index contributed by atoms with van der Waals surface area (Å²) in [6.45, 7) is 4.11. The molecular weight excluding hydrogens is 335 g/mol.